The number of benzene rings is 2. The van der Waals surface area contributed by atoms with Gasteiger partial charge in [-0.2, -0.15) is 0 Å². The Bertz CT molecular complexity index is 1250. The molecule has 1 aliphatic heterocycles. The summed E-state index contributed by atoms with van der Waals surface area (Å²) in [7, 11) is 2.76. The zero-order valence-corrected chi connectivity index (χ0v) is 19.8. The van der Waals surface area contributed by atoms with Gasteiger partial charge in [-0.3, -0.25) is 14.5 Å². The lowest BCUT2D eigenvalue weighted by Gasteiger charge is -2.25. The van der Waals surface area contributed by atoms with E-state index in [0.717, 1.165) is 12.1 Å². The smallest absolute Gasteiger partial charge is 0.251 e. The summed E-state index contributed by atoms with van der Waals surface area (Å²) in [6.07, 6.45) is 1.46. The van der Waals surface area contributed by atoms with E-state index in [1.165, 1.54) is 55.6 Å². The van der Waals surface area contributed by atoms with Crippen molar-refractivity contribution in [2.75, 3.05) is 19.1 Å². The minimum absolute atomic E-state index is 0.00575. The first kappa shape index (κ1) is 24.4. The van der Waals surface area contributed by atoms with Gasteiger partial charge in [-0.25, -0.2) is 13.8 Å². The van der Waals surface area contributed by atoms with Gasteiger partial charge in [-0.15, -0.1) is 0 Å². The number of methoxy groups -OCH3 is 2. The number of ether oxygens (including phenoxy) is 2. The van der Waals surface area contributed by atoms with E-state index >= 15 is 8.78 Å². The third-order valence-corrected chi connectivity index (χ3v) is 6.26. The monoisotopic (exact) mass is 501 g/mol. The molecule has 3 atom stereocenters. The van der Waals surface area contributed by atoms with E-state index in [1.807, 2.05) is 0 Å². The molecule has 0 aliphatic carbocycles. The standard InChI is InChI=1S/C25H22ClF2N3O4/c1-13-21(22-18(27)10-17(35-3)11-19(22)28)23(30-24(32)14-4-6-15(26)7-5-14)25(33)31(13)20-12-16(34-2)8-9-29-20/h4-13,21,23H,1-3H3,(H,30,32)/t13-,21-,23-/m0/s1. The van der Waals surface area contributed by atoms with Gasteiger partial charge in [0.2, 0.25) is 0 Å². The third-order valence-electron chi connectivity index (χ3n) is 6.00. The SMILES string of the molecule is COc1ccnc(N2C(=O)[C@@H](NC(=O)c3ccc(Cl)cc3)[C@H](c3c(F)cc(OC)cc3F)[C@@H]2C)c1. The van der Waals surface area contributed by atoms with Crippen LogP contribution in [0.5, 0.6) is 11.5 Å². The summed E-state index contributed by atoms with van der Waals surface area (Å²) in [6.45, 7) is 1.64. The normalized spacial score (nSPS) is 19.5. The Hall–Kier alpha value is -3.72. The number of carbonyl (C=O) groups is 2. The highest BCUT2D eigenvalue weighted by atomic mass is 35.5. The van der Waals surface area contributed by atoms with Crippen LogP contribution >= 0.6 is 11.6 Å². The van der Waals surface area contributed by atoms with Gasteiger partial charge in [0.1, 0.15) is 35.0 Å². The van der Waals surface area contributed by atoms with Crippen LogP contribution in [0.15, 0.2) is 54.7 Å². The molecule has 2 heterocycles. The van der Waals surface area contributed by atoms with Gasteiger partial charge in [-0.1, -0.05) is 11.6 Å². The van der Waals surface area contributed by atoms with E-state index in [2.05, 4.69) is 10.3 Å². The van der Waals surface area contributed by atoms with E-state index in [1.54, 1.807) is 13.0 Å². The largest absolute Gasteiger partial charge is 0.497 e. The van der Waals surface area contributed by atoms with Crippen LogP contribution in [0.2, 0.25) is 5.02 Å². The summed E-state index contributed by atoms with van der Waals surface area (Å²) < 4.78 is 40.5. The Labute approximate surface area is 205 Å². The molecule has 0 bridgehead atoms. The number of nitrogens with one attached hydrogen (secondary N) is 1. The number of rotatable bonds is 6. The molecule has 35 heavy (non-hydrogen) atoms. The Balaban J connectivity index is 1.79. The summed E-state index contributed by atoms with van der Waals surface area (Å²) >= 11 is 5.90. The highest BCUT2D eigenvalue weighted by Gasteiger charge is 2.50. The molecule has 0 saturated carbocycles. The van der Waals surface area contributed by atoms with Crippen molar-refractivity contribution in [1.82, 2.24) is 10.3 Å². The van der Waals surface area contributed by atoms with Crippen molar-refractivity contribution in [3.8, 4) is 11.5 Å². The van der Waals surface area contributed by atoms with Crippen molar-refractivity contribution in [2.45, 2.75) is 24.9 Å². The molecule has 1 N–H and O–H groups in total. The number of halogens is 3. The van der Waals surface area contributed by atoms with Gasteiger partial charge in [-0.05, 0) is 37.3 Å². The lowest BCUT2D eigenvalue weighted by Crippen LogP contribution is -2.44. The van der Waals surface area contributed by atoms with Crippen LogP contribution in [-0.4, -0.2) is 43.1 Å². The second-order valence-electron chi connectivity index (χ2n) is 7.99. The first-order valence-corrected chi connectivity index (χ1v) is 11.1. The van der Waals surface area contributed by atoms with E-state index in [-0.39, 0.29) is 22.7 Å². The number of hydrogen-bond donors (Lipinski definition) is 1. The maximum atomic E-state index is 15.2. The Morgan fingerprint density at radius 1 is 1.03 bits per heavy atom. The van der Waals surface area contributed by atoms with Crippen LogP contribution in [-0.2, 0) is 4.79 Å². The van der Waals surface area contributed by atoms with Gasteiger partial charge in [0.15, 0.2) is 0 Å². The Morgan fingerprint density at radius 2 is 1.66 bits per heavy atom. The topological polar surface area (TPSA) is 80.8 Å². The molecule has 1 fully saturated rings. The summed E-state index contributed by atoms with van der Waals surface area (Å²) in [5.41, 5.74) is -0.0966. The van der Waals surface area contributed by atoms with E-state index in [0.29, 0.717) is 10.8 Å². The van der Waals surface area contributed by atoms with E-state index < -0.39 is 41.5 Å². The van der Waals surface area contributed by atoms with Crippen molar-refractivity contribution in [1.29, 1.82) is 0 Å². The fourth-order valence-electron chi connectivity index (χ4n) is 4.31. The second-order valence-corrected chi connectivity index (χ2v) is 8.43. The number of carbonyl (C=O) groups excluding carboxylic acids is 2. The van der Waals surface area contributed by atoms with Crippen LogP contribution in [0, 0.1) is 11.6 Å². The summed E-state index contributed by atoms with van der Waals surface area (Å²) in [4.78, 5) is 32.1. The number of amides is 2. The van der Waals surface area contributed by atoms with Crippen molar-refractivity contribution in [3.05, 3.63) is 82.5 Å². The molecule has 0 radical (unpaired) electrons. The lowest BCUT2D eigenvalue weighted by molar-refractivity contribution is -0.118. The van der Waals surface area contributed by atoms with Crippen molar-refractivity contribution < 1.29 is 27.8 Å². The average molecular weight is 502 g/mol. The number of aromatic nitrogens is 1. The molecule has 1 aliphatic rings. The summed E-state index contributed by atoms with van der Waals surface area (Å²) in [5.74, 6) is -3.35. The number of nitrogens with zero attached hydrogens (tertiary/aromatic N) is 2. The molecule has 4 rings (SSSR count). The molecule has 3 aromatic rings. The molecule has 10 heteroatoms. The number of hydrogen-bond acceptors (Lipinski definition) is 5. The molecule has 0 spiro atoms. The zero-order chi connectivity index (χ0) is 25.3. The second kappa shape index (κ2) is 9.87. The molecular weight excluding hydrogens is 480 g/mol. The molecule has 0 unspecified atom stereocenters. The van der Waals surface area contributed by atoms with Gasteiger partial charge >= 0.3 is 0 Å². The zero-order valence-electron chi connectivity index (χ0n) is 19.1. The minimum atomic E-state index is -1.28. The Kier molecular flexibility index (Phi) is 6.88. The molecule has 1 aromatic heterocycles. The fourth-order valence-corrected chi connectivity index (χ4v) is 4.43. The van der Waals surface area contributed by atoms with Crippen molar-refractivity contribution in [3.63, 3.8) is 0 Å². The molecule has 2 amide bonds. The van der Waals surface area contributed by atoms with E-state index in [4.69, 9.17) is 21.1 Å². The summed E-state index contributed by atoms with van der Waals surface area (Å²) in [6, 6.07) is 9.22. The van der Waals surface area contributed by atoms with Gasteiger partial charge in [0.05, 0.1) is 14.2 Å². The quantitative estimate of drug-likeness (QED) is 0.543. The highest BCUT2D eigenvalue weighted by molar-refractivity contribution is 6.30. The maximum absolute atomic E-state index is 15.2. The van der Waals surface area contributed by atoms with Gasteiger partial charge < -0.3 is 14.8 Å². The average Bonchev–Trinajstić information content (AvgIpc) is 3.08. The fraction of sp³-hybridized carbons (Fsp3) is 0.240. The Morgan fingerprint density at radius 3 is 2.26 bits per heavy atom. The highest BCUT2D eigenvalue weighted by Crippen LogP contribution is 2.40. The van der Waals surface area contributed by atoms with Crippen LogP contribution < -0.4 is 19.7 Å². The molecule has 1 saturated heterocycles. The van der Waals surface area contributed by atoms with Crippen molar-refractivity contribution >= 4 is 29.2 Å². The molecule has 182 valence electrons. The van der Waals surface area contributed by atoms with Gasteiger partial charge in [0, 0.05) is 52.5 Å². The molecule has 2 aromatic carbocycles. The predicted molar refractivity (Wildman–Crippen MR) is 126 cm³/mol. The molecule has 7 nitrogen and oxygen atoms in total. The van der Waals surface area contributed by atoms with Crippen LogP contribution in [0.3, 0.4) is 0 Å². The minimum Gasteiger partial charge on any atom is -0.497 e. The van der Waals surface area contributed by atoms with Crippen LogP contribution in [0.4, 0.5) is 14.6 Å². The van der Waals surface area contributed by atoms with Crippen LogP contribution in [0.25, 0.3) is 0 Å². The van der Waals surface area contributed by atoms with Crippen LogP contribution in [0.1, 0.15) is 28.8 Å². The first-order chi connectivity index (χ1) is 16.7. The first-order valence-electron chi connectivity index (χ1n) is 10.7. The lowest BCUT2D eigenvalue weighted by atomic mass is 9.87. The molecular formula is C25H22ClF2N3O4. The third kappa shape index (κ3) is 4.64. The van der Waals surface area contributed by atoms with E-state index in [9.17, 15) is 9.59 Å². The van der Waals surface area contributed by atoms with Crippen molar-refractivity contribution in [2.24, 2.45) is 0 Å². The summed E-state index contributed by atoms with van der Waals surface area (Å²) in [5, 5.41) is 3.09. The maximum Gasteiger partial charge on any atom is 0.251 e. The number of pyridine rings is 1. The predicted octanol–water partition coefficient (Wildman–Crippen LogP) is 4.35. The van der Waals surface area contributed by atoms with Gasteiger partial charge in [0.25, 0.3) is 11.8 Å². The number of anilines is 1.